The van der Waals surface area contributed by atoms with Crippen LogP contribution in [0.3, 0.4) is 0 Å². The first kappa shape index (κ1) is 30.0. The van der Waals surface area contributed by atoms with Gasteiger partial charge in [-0.3, -0.25) is 0 Å². The first-order valence-corrected chi connectivity index (χ1v) is 18.9. The second-order valence-corrected chi connectivity index (χ2v) is 14.7. The zero-order valence-corrected chi connectivity index (χ0v) is 29.6. The molecule has 0 amide bonds. The summed E-state index contributed by atoms with van der Waals surface area (Å²) in [5.41, 5.74) is 13.3. The van der Waals surface area contributed by atoms with Gasteiger partial charge < -0.3 is 9.13 Å². The summed E-state index contributed by atoms with van der Waals surface area (Å²) in [6, 6.07) is 70.7. The van der Waals surface area contributed by atoms with Gasteiger partial charge in [-0.05, 0) is 46.5 Å². The molecule has 0 saturated heterocycles. The number of thiophene rings is 1. The van der Waals surface area contributed by atoms with Gasteiger partial charge in [0.05, 0.1) is 32.6 Å². The van der Waals surface area contributed by atoms with E-state index in [0.29, 0.717) is 0 Å². The van der Waals surface area contributed by atoms with Crippen LogP contribution >= 0.6 is 11.3 Å². The van der Waals surface area contributed by atoms with Crippen molar-refractivity contribution in [3.8, 4) is 44.9 Å². The van der Waals surface area contributed by atoms with Crippen molar-refractivity contribution in [2.75, 3.05) is 0 Å². The third kappa shape index (κ3) is 4.51. The van der Waals surface area contributed by atoms with Gasteiger partial charge in [0.1, 0.15) is 0 Å². The summed E-state index contributed by atoms with van der Waals surface area (Å²) in [6.45, 7) is 0. The highest BCUT2D eigenvalue weighted by molar-refractivity contribution is 7.26. The quantitative estimate of drug-likeness (QED) is 0.170. The Morgan fingerprint density at radius 3 is 1.62 bits per heavy atom. The summed E-state index contributed by atoms with van der Waals surface area (Å²) < 4.78 is 7.67. The molecule has 11 aromatic rings. The van der Waals surface area contributed by atoms with Crippen molar-refractivity contribution in [1.82, 2.24) is 9.13 Å². The molecule has 0 unspecified atom stereocenters. The fourth-order valence-electron chi connectivity index (χ4n) is 8.50. The average Bonchev–Trinajstić information content (AvgIpc) is 3.90. The molecule has 0 N–H and O–H groups in total. The lowest BCUT2D eigenvalue weighted by Gasteiger charge is -2.15. The minimum Gasteiger partial charge on any atom is -0.307 e. The van der Waals surface area contributed by atoms with E-state index < -0.39 is 0 Å². The van der Waals surface area contributed by atoms with Gasteiger partial charge in [-0.15, -0.1) is 11.3 Å². The lowest BCUT2D eigenvalue weighted by molar-refractivity contribution is 1.12. The number of benzene rings is 8. The van der Waals surface area contributed by atoms with Crippen LogP contribution in [0, 0.1) is 0 Å². The number of aromatic nitrogens is 2. The molecule has 0 aliphatic heterocycles. The lowest BCUT2D eigenvalue weighted by Crippen LogP contribution is -2.00. The average molecular weight is 693 g/mol. The predicted octanol–water partition coefficient (Wildman–Crippen LogP) is 14.1. The van der Waals surface area contributed by atoms with E-state index in [1.54, 1.807) is 0 Å². The van der Waals surface area contributed by atoms with Gasteiger partial charge in [0, 0.05) is 42.9 Å². The van der Waals surface area contributed by atoms with E-state index >= 15 is 0 Å². The number of fused-ring (bicyclic) bond motifs is 8. The second kappa shape index (κ2) is 11.9. The Labute approximate surface area is 311 Å². The number of nitrogens with zero attached hydrogens (tertiary/aromatic N) is 2. The lowest BCUT2D eigenvalue weighted by atomic mass is 9.98. The Morgan fingerprint density at radius 2 is 0.887 bits per heavy atom. The molecule has 0 aliphatic rings. The van der Waals surface area contributed by atoms with Crippen molar-refractivity contribution >= 4 is 64.2 Å². The minimum atomic E-state index is 1.13. The maximum atomic E-state index is 2.55. The molecule has 0 bridgehead atoms. The Balaban J connectivity index is 1.35. The predicted molar refractivity (Wildman–Crippen MR) is 227 cm³/mol. The molecule has 0 atom stereocenters. The molecule has 3 heteroatoms. The Morgan fingerprint density at radius 1 is 0.340 bits per heavy atom. The minimum absolute atomic E-state index is 1.13. The molecule has 0 radical (unpaired) electrons. The molecule has 2 nitrogen and oxygen atoms in total. The number of para-hydroxylation sites is 2. The summed E-state index contributed by atoms with van der Waals surface area (Å²) in [4.78, 5) is 0. The van der Waals surface area contributed by atoms with Crippen LogP contribution in [0.25, 0.3) is 97.8 Å². The molecule has 0 fully saturated rings. The molecular weight excluding hydrogens is 661 g/mol. The summed E-state index contributed by atoms with van der Waals surface area (Å²) in [6.07, 6.45) is 0. The molecule has 53 heavy (non-hydrogen) atoms. The maximum Gasteiger partial charge on any atom is 0.0789 e. The van der Waals surface area contributed by atoms with Crippen molar-refractivity contribution in [1.29, 1.82) is 0 Å². The number of hydrogen-bond donors (Lipinski definition) is 0. The van der Waals surface area contributed by atoms with Gasteiger partial charge in [0.2, 0.25) is 0 Å². The normalized spacial score (nSPS) is 11.8. The third-order valence-electron chi connectivity index (χ3n) is 10.7. The van der Waals surface area contributed by atoms with Gasteiger partial charge in [-0.25, -0.2) is 0 Å². The zero-order chi connectivity index (χ0) is 34.9. The number of hydrogen-bond acceptors (Lipinski definition) is 1. The topological polar surface area (TPSA) is 9.86 Å². The largest absolute Gasteiger partial charge is 0.307 e. The molecule has 3 heterocycles. The molecule has 248 valence electrons. The van der Waals surface area contributed by atoms with Crippen LogP contribution in [0.5, 0.6) is 0 Å². The standard InChI is InChI=1S/C50H32N2S/c1-5-17-33(18-6-1)37-26-15-27-40-41-28-16-30-44(50(41)53-49(37)40)52-43-29-14-13-25-38(43)39-31-32-42-45(34-19-7-2-8-20-34)46(35-21-9-3-10-22-35)51(48(42)47(39)52)36-23-11-4-12-24-36/h1-32H. The van der Waals surface area contributed by atoms with Crippen molar-refractivity contribution < 1.29 is 0 Å². The van der Waals surface area contributed by atoms with E-state index in [-0.39, 0.29) is 0 Å². The van der Waals surface area contributed by atoms with Crippen LogP contribution in [-0.2, 0) is 0 Å². The summed E-state index contributed by atoms with van der Waals surface area (Å²) in [5, 5.41) is 6.29. The zero-order valence-electron chi connectivity index (χ0n) is 28.8. The SMILES string of the molecule is c1ccc(-c2c(-c3ccccc3)n(-c3ccccc3)c3c2ccc2c4ccccc4n(-c4cccc5c4sc4c(-c6ccccc6)cccc45)c23)cc1. The van der Waals surface area contributed by atoms with Crippen LogP contribution in [0.15, 0.2) is 194 Å². The van der Waals surface area contributed by atoms with Gasteiger partial charge >= 0.3 is 0 Å². The fourth-order valence-corrected chi connectivity index (χ4v) is 9.84. The van der Waals surface area contributed by atoms with Crippen LogP contribution < -0.4 is 0 Å². The van der Waals surface area contributed by atoms with Crippen molar-refractivity contribution in [3.05, 3.63) is 194 Å². The van der Waals surface area contributed by atoms with Crippen LogP contribution in [0.1, 0.15) is 0 Å². The first-order valence-electron chi connectivity index (χ1n) is 18.1. The van der Waals surface area contributed by atoms with E-state index in [9.17, 15) is 0 Å². The van der Waals surface area contributed by atoms with Gasteiger partial charge in [-0.2, -0.15) is 0 Å². The highest BCUT2D eigenvalue weighted by Gasteiger charge is 2.26. The summed E-state index contributed by atoms with van der Waals surface area (Å²) >= 11 is 1.91. The molecule has 3 aromatic heterocycles. The highest BCUT2D eigenvalue weighted by atomic mass is 32.1. The van der Waals surface area contributed by atoms with Gasteiger partial charge in [-0.1, -0.05) is 170 Å². The molecule has 0 aliphatic carbocycles. The van der Waals surface area contributed by atoms with Crippen LogP contribution in [-0.4, -0.2) is 9.13 Å². The van der Waals surface area contributed by atoms with Crippen LogP contribution in [0.4, 0.5) is 0 Å². The monoisotopic (exact) mass is 692 g/mol. The fraction of sp³-hybridized carbons (Fsp3) is 0. The molecule has 0 saturated carbocycles. The van der Waals surface area contributed by atoms with Gasteiger partial charge in [0.15, 0.2) is 0 Å². The summed E-state index contributed by atoms with van der Waals surface area (Å²) in [7, 11) is 0. The van der Waals surface area contributed by atoms with E-state index in [1.807, 2.05) is 11.3 Å². The maximum absolute atomic E-state index is 2.55. The summed E-state index contributed by atoms with van der Waals surface area (Å²) in [5.74, 6) is 0. The Bertz CT molecular complexity index is 3130. The number of rotatable bonds is 5. The van der Waals surface area contributed by atoms with Crippen LogP contribution in [0.2, 0.25) is 0 Å². The van der Waals surface area contributed by atoms with E-state index in [0.717, 1.165) is 5.69 Å². The van der Waals surface area contributed by atoms with Gasteiger partial charge in [0.25, 0.3) is 0 Å². The van der Waals surface area contributed by atoms with E-state index in [1.165, 1.54) is 92.1 Å². The second-order valence-electron chi connectivity index (χ2n) is 13.6. The highest BCUT2D eigenvalue weighted by Crippen LogP contribution is 2.49. The Kier molecular flexibility index (Phi) is 6.76. The molecule has 11 rings (SSSR count). The first-order chi connectivity index (χ1) is 26.3. The molecule has 0 spiro atoms. The van der Waals surface area contributed by atoms with Crippen molar-refractivity contribution in [2.45, 2.75) is 0 Å². The van der Waals surface area contributed by atoms with E-state index in [4.69, 9.17) is 0 Å². The van der Waals surface area contributed by atoms with Crippen molar-refractivity contribution in [2.24, 2.45) is 0 Å². The molecular formula is C50H32N2S. The Hall–Kier alpha value is -6.68. The third-order valence-corrected chi connectivity index (χ3v) is 12.0. The smallest absolute Gasteiger partial charge is 0.0789 e. The van der Waals surface area contributed by atoms with E-state index in [2.05, 4.69) is 203 Å². The molecule has 8 aromatic carbocycles. The van der Waals surface area contributed by atoms with Crippen molar-refractivity contribution in [3.63, 3.8) is 0 Å².